The molecule has 25 heavy (non-hydrogen) atoms. The van der Waals surface area contributed by atoms with Gasteiger partial charge in [-0.25, -0.2) is 4.39 Å². The summed E-state index contributed by atoms with van der Waals surface area (Å²) in [6.07, 6.45) is 0. The molecular weight excluding hydrogens is 315 g/mol. The van der Waals surface area contributed by atoms with Gasteiger partial charge in [-0.1, -0.05) is 66.7 Å². The maximum Gasteiger partial charge on any atom is 0.238 e. The van der Waals surface area contributed by atoms with Gasteiger partial charge in [-0.15, -0.1) is 0 Å². The summed E-state index contributed by atoms with van der Waals surface area (Å²) in [5, 5.41) is 5.98. The molecule has 0 spiro atoms. The second-order valence-electron chi connectivity index (χ2n) is 5.69. The largest absolute Gasteiger partial charge is 0.325 e. The van der Waals surface area contributed by atoms with Crippen molar-refractivity contribution in [1.29, 1.82) is 0 Å². The number of carbonyl (C=O) groups excluding carboxylic acids is 1. The van der Waals surface area contributed by atoms with E-state index in [0.717, 1.165) is 11.1 Å². The zero-order valence-electron chi connectivity index (χ0n) is 13.7. The summed E-state index contributed by atoms with van der Waals surface area (Å²) >= 11 is 0. The predicted octanol–water partition coefficient (Wildman–Crippen LogP) is 4.14. The van der Waals surface area contributed by atoms with Gasteiger partial charge in [0.15, 0.2) is 0 Å². The zero-order valence-corrected chi connectivity index (χ0v) is 13.7. The third-order valence-corrected chi connectivity index (χ3v) is 3.84. The molecular formula is C21H19FN2O. The normalized spacial score (nSPS) is 10.6. The third kappa shape index (κ3) is 4.75. The van der Waals surface area contributed by atoms with E-state index in [9.17, 15) is 9.18 Å². The molecule has 0 heterocycles. The quantitative estimate of drug-likeness (QED) is 0.711. The lowest BCUT2D eigenvalue weighted by atomic mass is 9.99. The number of rotatable bonds is 6. The Balaban J connectivity index is 1.70. The van der Waals surface area contributed by atoms with Gasteiger partial charge in [0.25, 0.3) is 0 Å². The van der Waals surface area contributed by atoms with Crippen LogP contribution in [-0.2, 0) is 4.79 Å². The molecule has 3 nitrogen and oxygen atoms in total. The lowest BCUT2D eigenvalue weighted by Gasteiger charge is -2.19. The Labute approximate surface area is 146 Å². The first-order valence-electron chi connectivity index (χ1n) is 8.11. The van der Waals surface area contributed by atoms with E-state index in [4.69, 9.17) is 0 Å². The molecule has 4 heteroatoms. The SMILES string of the molecule is O=C(CNC(c1ccccc1)c1ccccc1)Nc1cccc(F)c1. The number of amides is 1. The van der Waals surface area contributed by atoms with Gasteiger partial charge in [0, 0.05) is 5.69 Å². The Morgan fingerprint density at radius 3 is 2.00 bits per heavy atom. The number of benzene rings is 3. The zero-order chi connectivity index (χ0) is 17.5. The van der Waals surface area contributed by atoms with Gasteiger partial charge >= 0.3 is 0 Å². The van der Waals surface area contributed by atoms with Gasteiger partial charge in [0.1, 0.15) is 5.82 Å². The van der Waals surface area contributed by atoms with Gasteiger partial charge in [-0.2, -0.15) is 0 Å². The molecule has 0 aromatic heterocycles. The van der Waals surface area contributed by atoms with Crippen molar-refractivity contribution in [3.63, 3.8) is 0 Å². The summed E-state index contributed by atoms with van der Waals surface area (Å²) in [6.45, 7) is 0.116. The van der Waals surface area contributed by atoms with E-state index in [0.29, 0.717) is 5.69 Å². The molecule has 3 rings (SSSR count). The Morgan fingerprint density at radius 1 is 0.840 bits per heavy atom. The van der Waals surface area contributed by atoms with Crippen LogP contribution in [0.5, 0.6) is 0 Å². The van der Waals surface area contributed by atoms with Crippen molar-refractivity contribution in [1.82, 2.24) is 5.32 Å². The number of hydrogen-bond donors (Lipinski definition) is 2. The van der Waals surface area contributed by atoms with E-state index in [2.05, 4.69) is 10.6 Å². The highest BCUT2D eigenvalue weighted by atomic mass is 19.1. The molecule has 0 saturated heterocycles. The van der Waals surface area contributed by atoms with Crippen molar-refractivity contribution in [2.75, 3.05) is 11.9 Å². The lowest BCUT2D eigenvalue weighted by Crippen LogP contribution is -2.31. The summed E-state index contributed by atoms with van der Waals surface area (Å²) in [5.74, 6) is -0.598. The Hall–Kier alpha value is -2.98. The minimum absolute atomic E-state index is 0.0966. The first kappa shape index (κ1) is 16.9. The van der Waals surface area contributed by atoms with E-state index in [1.54, 1.807) is 12.1 Å². The summed E-state index contributed by atoms with van der Waals surface area (Å²) in [4.78, 5) is 12.2. The van der Waals surface area contributed by atoms with Gasteiger partial charge in [-0.05, 0) is 29.3 Å². The minimum atomic E-state index is -0.378. The van der Waals surface area contributed by atoms with E-state index in [-0.39, 0.29) is 24.3 Å². The second-order valence-corrected chi connectivity index (χ2v) is 5.69. The van der Waals surface area contributed by atoms with E-state index in [1.807, 2.05) is 60.7 Å². The molecule has 0 saturated carbocycles. The summed E-state index contributed by atoms with van der Waals surface area (Å²) in [6, 6.07) is 25.7. The molecule has 0 bridgehead atoms. The van der Waals surface area contributed by atoms with E-state index in [1.165, 1.54) is 12.1 Å². The average Bonchev–Trinajstić information content (AvgIpc) is 2.64. The first-order valence-corrected chi connectivity index (χ1v) is 8.11. The van der Waals surface area contributed by atoms with Crippen LogP contribution in [0.4, 0.5) is 10.1 Å². The van der Waals surface area contributed by atoms with Gasteiger partial charge < -0.3 is 5.32 Å². The van der Waals surface area contributed by atoms with Crippen molar-refractivity contribution >= 4 is 11.6 Å². The molecule has 0 aliphatic carbocycles. The van der Waals surface area contributed by atoms with Crippen LogP contribution in [0, 0.1) is 5.82 Å². The van der Waals surface area contributed by atoms with Crippen LogP contribution in [0.15, 0.2) is 84.9 Å². The molecule has 0 aliphatic rings. The van der Waals surface area contributed by atoms with Crippen LogP contribution >= 0.6 is 0 Å². The van der Waals surface area contributed by atoms with Gasteiger partial charge in [0.2, 0.25) is 5.91 Å². The number of anilines is 1. The Bertz CT molecular complexity index is 782. The van der Waals surface area contributed by atoms with Gasteiger partial charge in [-0.3, -0.25) is 10.1 Å². The smallest absolute Gasteiger partial charge is 0.238 e. The van der Waals surface area contributed by atoms with Crippen molar-refractivity contribution in [2.45, 2.75) is 6.04 Å². The highest BCUT2D eigenvalue weighted by Crippen LogP contribution is 2.21. The maximum atomic E-state index is 13.2. The van der Waals surface area contributed by atoms with Crippen molar-refractivity contribution in [2.24, 2.45) is 0 Å². The van der Waals surface area contributed by atoms with Crippen LogP contribution in [0.25, 0.3) is 0 Å². The molecule has 0 atom stereocenters. The van der Waals surface area contributed by atoms with Crippen molar-refractivity contribution in [3.05, 3.63) is 102 Å². The fourth-order valence-corrected chi connectivity index (χ4v) is 2.69. The molecule has 2 N–H and O–H groups in total. The number of nitrogens with one attached hydrogen (secondary N) is 2. The van der Waals surface area contributed by atoms with Crippen molar-refractivity contribution < 1.29 is 9.18 Å². The first-order chi connectivity index (χ1) is 12.2. The summed E-state index contributed by atoms with van der Waals surface area (Å²) in [7, 11) is 0. The summed E-state index contributed by atoms with van der Waals surface area (Å²) < 4.78 is 13.2. The lowest BCUT2D eigenvalue weighted by molar-refractivity contribution is -0.115. The van der Waals surface area contributed by atoms with Crippen molar-refractivity contribution in [3.8, 4) is 0 Å². The highest BCUT2D eigenvalue weighted by molar-refractivity contribution is 5.92. The third-order valence-electron chi connectivity index (χ3n) is 3.84. The van der Waals surface area contributed by atoms with Crippen LogP contribution in [-0.4, -0.2) is 12.5 Å². The molecule has 3 aromatic rings. The van der Waals surface area contributed by atoms with Gasteiger partial charge in [0.05, 0.1) is 12.6 Å². The Morgan fingerprint density at radius 2 is 1.44 bits per heavy atom. The molecule has 1 amide bonds. The average molecular weight is 334 g/mol. The van der Waals surface area contributed by atoms with E-state index >= 15 is 0 Å². The van der Waals surface area contributed by atoms with Crippen LogP contribution < -0.4 is 10.6 Å². The van der Waals surface area contributed by atoms with Crippen LogP contribution in [0.2, 0.25) is 0 Å². The van der Waals surface area contributed by atoms with E-state index < -0.39 is 0 Å². The fraction of sp³-hybridized carbons (Fsp3) is 0.0952. The number of hydrogen-bond acceptors (Lipinski definition) is 2. The standard InChI is InChI=1S/C21H19FN2O/c22-18-12-7-13-19(14-18)24-20(25)15-23-21(16-8-3-1-4-9-16)17-10-5-2-6-11-17/h1-14,21,23H,15H2,(H,24,25). The predicted molar refractivity (Wildman–Crippen MR) is 97.8 cm³/mol. The highest BCUT2D eigenvalue weighted by Gasteiger charge is 2.14. The molecule has 0 fully saturated rings. The summed E-state index contributed by atoms with van der Waals surface area (Å²) in [5.41, 5.74) is 2.60. The molecule has 3 aromatic carbocycles. The van der Waals surface area contributed by atoms with Crippen LogP contribution in [0.1, 0.15) is 17.2 Å². The molecule has 0 unspecified atom stereocenters. The maximum absolute atomic E-state index is 13.2. The van der Waals surface area contributed by atoms with Crippen LogP contribution in [0.3, 0.4) is 0 Å². The second kappa shape index (κ2) is 8.22. The number of halogens is 1. The molecule has 126 valence electrons. The topological polar surface area (TPSA) is 41.1 Å². The number of carbonyl (C=O) groups is 1. The Kier molecular flexibility index (Phi) is 5.54. The fourth-order valence-electron chi connectivity index (χ4n) is 2.69. The minimum Gasteiger partial charge on any atom is -0.325 e. The molecule has 0 aliphatic heterocycles. The molecule has 0 radical (unpaired) electrons. The monoisotopic (exact) mass is 334 g/mol.